The summed E-state index contributed by atoms with van der Waals surface area (Å²) < 4.78 is 0. The summed E-state index contributed by atoms with van der Waals surface area (Å²) in [5, 5.41) is -0.198. The van der Waals surface area contributed by atoms with Gasteiger partial charge in [-0.3, -0.25) is 4.79 Å². The van der Waals surface area contributed by atoms with E-state index in [9.17, 15) is 4.79 Å². The number of hydrogen-bond donors (Lipinski definition) is 0. The van der Waals surface area contributed by atoms with Crippen LogP contribution in [0, 0.1) is 11.3 Å². The van der Waals surface area contributed by atoms with Crippen molar-refractivity contribution < 1.29 is 4.79 Å². The molecule has 1 aromatic rings. The first-order valence-electron chi connectivity index (χ1n) is 6.68. The molecule has 1 fully saturated rings. The highest BCUT2D eigenvalue weighted by Gasteiger charge is 2.61. The Morgan fingerprint density at radius 2 is 1.89 bits per heavy atom. The van der Waals surface area contributed by atoms with Crippen LogP contribution in [0.4, 0.5) is 0 Å². The summed E-state index contributed by atoms with van der Waals surface area (Å²) in [6.07, 6.45) is 1.15. The summed E-state index contributed by atoms with van der Waals surface area (Å²) in [7, 11) is 0. The fourth-order valence-corrected chi connectivity index (χ4v) is 3.36. The summed E-state index contributed by atoms with van der Waals surface area (Å²) in [5.41, 5.74) is 2.62. The Bertz CT molecular complexity index is 447. The smallest absolute Gasteiger partial charge is 0.225 e. The Kier molecular flexibility index (Phi) is 3.55. The first-order valence-corrected chi connectivity index (χ1v) is 7.06. The molecule has 3 atom stereocenters. The Morgan fingerprint density at radius 1 is 1.33 bits per heavy atom. The second-order valence-corrected chi connectivity index (χ2v) is 6.43. The zero-order valence-corrected chi connectivity index (χ0v) is 12.3. The first kappa shape index (κ1) is 13.6. The third kappa shape index (κ3) is 2.21. The largest absolute Gasteiger partial charge is 0.281 e. The minimum atomic E-state index is -0.198. The molecule has 0 N–H and O–H groups in total. The van der Waals surface area contributed by atoms with Crippen LogP contribution in [0.2, 0.25) is 0 Å². The van der Waals surface area contributed by atoms with E-state index in [0.717, 1.165) is 6.42 Å². The number of hydrogen-bond acceptors (Lipinski definition) is 1. The van der Waals surface area contributed by atoms with Crippen LogP contribution in [0.25, 0.3) is 0 Å². The fraction of sp³-hybridized carbons (Fsp3) is 0.562. The number of carbonyl (C=O) groups is 1. The Morgan fingerprint density at radius 3 is 2.28 bits per heavy atom. The number of benzene rings is 1. The van der Waals surface area contributed by atoms with Gasteiger partial charge in [0, 0.05) is 11.8 Å². The molecule has 1 saturated carbocycles. The van der Waals surface area contributed by atoms with Gasteiger partial charge in [0.2, 0.25) is 5.24 Å². The van der Waals surface area contributed by atoms with Crippen molar-refractivity contribution in [3.63, 3.8) is 0 Å². The van der Waals surface area contributed by atoms with Crippen LogP contribution in [0.3, 0.4) is 0 Å². The molecule has 1 aromatic carbocycles. The van der Waals surface area contributed by atoms with Crippen LogP contribution in [0.15, 0.2) is 24.3 Å². The summed E-state index contributed by atoms with van der Waals surface area (Å²) >= 11 is 5.67. The molecule has 1 unspecified atom stereocenters. The molecule has 1 aliphatic carbocycles. The van der Waals surface area contributed by atoms with Crippen LogP contribution < -0.4 is 0 Å². The van der Waals surface area contributed by atoms with Gasteiger partial charge in [-0.1, -0.05) is 52.0 Å². The van der Waals surface area contributed by atoms with Gasteiger partial charge >= 0.3 is 0 Å². The maximum Gasteiger partial charge on any atom is 0.225 e. The predicted octanol–water partition coefficient (Wildman–Crippen LogP) is 4.71. The molecular weight excluding hydrogens is 244 g/mol. The van der Waals surface area contributed by atoms with Crippen molar-refractivity contribution in [1.82, 2.24) is 0 Å². The Labute approximate surface area is 115 Å². The monoisotopic (exact) mass is 264 g/mol. The van der Waals surface area contributed by atoms with E-state index in [1.54, 1.807) is 0 Å². The lowest BCUT2D eigenvalue weighted by atomic mass is 9.95. The highest BCUT2D eigenvalue weighted by molar-refractivity contribution is 6.64. The molecule has 1 aliphatic rings. The summed E-state index contributed by atoms with van der Waals surface area (Å²) in [6.45, 7) is 8.67. The molecule has 2 heteroatoms. The lowest BCUT2D eigenvalue weighted by molar-refractivity contribution is -0.113. The standard InChI is InChI=1S/C16H21ClO/c1-5-10(2)11-6-8-12(9-7-11)13-14(15(17)18)16(13,3)4/h6-10,13-14H,5H2,1-4H3/t10?,13-,14+/m0/s1. The van der Waals surface area contributed by atoms with E-state index in [0.29, 0.717) is 5.92 Å². The van der Waals surface area contributed by atoms with Crippen LogP contribution in [-0.2, 0) is 4.79 Å². The Hall–Kier alpha value is -0.820. The second kappa shape index (κ2) is 4.70. The third-order valence-electron chi connectivity index (χ3n) is 4.55. The molecule has 2 rings (SSSR count). The minimum Gasteiger partial charge on any atom is -0.281 e. The highest BCUT2D eigenvalue weighted by atomic mass is 35.5. The van der Waals surface area contributed by atoms with Crippen LogP contribution in [-0.4, -0.2) is 5.24 Å². The lowest BCUT2D eigenvalue weighted by Crippen LogP contribution is -1.96. The van der Waals surface area contributed by atoms with Crippen molar-refractivity contribution >= 4 is 16.8 Å². The van der Waals surface area contributed by atoms with E-state index in [1.165, 1.54) is 11.1 Å². The molecule has 0 saturated heterocycles. The molecule has 0 aromatic heterocycles. The van der Waals surface area contributed by atoms with Gasteiger partial charge in [0.25, 0.3) is 0 Å². The molecule has 1 nitrogen and oxygen atoms in total. The summed E-state index contributed by atoms with van der Waals surface area (Å²) in [4.78, 5) is 11.4. The molecule has 98 valence electrons. The van der Waals surface area contributed by atoms with Gasteiger partial charge in [0.15, 0.2) is 0 Å². The van der Waals surface area contributed by atoms with Gasteiger partial charge in [-0.25, -0.2) is 0 Å². The van der Waals surface area contributed by atoms with Crippen LogP contribution in [0.1, 0.15) is 57.1 Å². The van der Waals surface area contributed by atoms with E-state index in [4.69, 9.17) is 11.6 Å². The second-order valence-electron chi connectivity index (χ2n) is 6.06. The average Bonchev–Trinajstić information content (AvgIpc) is 2.92. The van der Waals surface area contributed by atoms with Crippen molar-refractivity contribution in [2.45, 2.75) is 46.0 Å². The number of halogens is 1. The fourth-order valence-electron chi connectivity index (χ4n) is 2.95. The Balaban J connectivity index is 2.19. The van der Waals surface area contributed by atoms with E-state index in [-0.39, 0.29) is 22.5 Å². The van der Waals surface area contributed by atoms with Gasteiger partial charge in [-0.05, 0) is 40.5 Å². The molecule has 18 heavy (non-hydrogen) atoms. The van der Waals surface area contributed by atoms with Crippen LogP contribution in [0.5, 0.6) is 0 Å². The number of carbonyl (C=O) groups excluding carboxylic acids is 1. The quantitative estimate of drug-likeness (QED) is 0.720. The predicted molar refractivity (Wildman–Crippen MR) is 76.0 cm³/mol. The van der Waals surface area contributed by atoms with Crippen LogP contribution >= 0.6 is 11.6 Å². The van der Waals surface area contributed by atoms with Crippen molar-refractivity contribution in [2.75, 3.05) is 0 Å². The van der Waals surface area contributed by atoms with Gasteiger partial charge < -0.3 is 0 Å². The van der Waals surface area contributed by atoms with Gasteiger partial charge in [0.1, 0.15) is 0 Å². The molecule has 0 amide bonds. The summed E-state index contributed by atoms with van der Waals surface area (Å²) in [5.74, 6) is 0.860. The maximum absolute atomic E-state index is 11.4. The third-order valence-corrected chi connectivity index (χ3v) is 4.78. The molecule has 0 aliphatic heterocycles. The normalized spacial score (nSPS) is 26.7. The average molecular weight is 265 g/mol. The van der Waals surface area contributed by atoms with E-state index in [2.05, 4.69) is 52.0 Å². The zero-order chi connectivity index (χ0) is 13.5. The minimum absolute atomic E-state index is 0.0106. The maximum atomic E-state index is 11.4. The van der Waals surface area contributed by atoms with Crippen molar-refractivity contribution in [3.05, 3.63) is 35.4 Å². The van der Waals surface area contributed by atoms with Crippen molar-refractivity contribution in [2.24, 2.45) is 11.3 Å². The molecule has 0 radical (unpaired) electrons. The highest BCUT2D eigenvalue weighted by Crippen LogP contribution is 2.65. The zero-order valence-electron chi connectivity index (χ0n) is 11.5. The molecule has 0 heterocycles. The van der Waals surface area contributed by atoms with Crippen molar-refractivity contribution in [3.8, 4) is 0 Å². The number of rotatable bonds is 4. The lowest BCUT2D eigenvalue weighted by Gasteiger charge is -2.10. The van der Waals surface area contributed by atoms with Gasteiger partial charge in [-0.2, -0.15) is 0 Å². The van der Waals surface area contributed by atoms with Gasteiger partial charge in [-0.15, -0.1) is 0 Å². The molecular formula is C16H21ClO. The molecule has 0 spiro atoms. The van der Waals surface area contributed by atoms with E-state index >= 15 is 0 Å². The summed E-state index contributed by atoms with van der Waals surface area (Å²) in [6, 6.07) is 8.70. The van der Waals surface area contributed by atoms with E-state index < -0.39 is 0 Å². The van der Waals surface area contributed by atoms with E-state index in [1.807, 2.05) is 0 Å². The molecule has 0 bridgehead atoms. The SMILES string of the molecule is CCC(C)c1ccc([C@H]2[C@H](C(=O)Cl)C2(C)C)cc1. The first-order chi connectivity index (χ1) is 8.39. The van der Waals surface area contributed by atoms with Gasteiger partial charge in [0.05, 0.1) is 0 Å². The van der Waals surface area contributed by atoms with Crippen molar-refractivity contribution in [1.29, 1.82) is 0 Å². The topological polar surface area (TPSA) is 17.1 Å².